The fraction of sp³-hybridized carbons (Fsp3) is 0.130. The third-order valence-corrected chi connectivity index (χ3v) is 5.05. The summed E-state index contributed by atoms with van der Waals surface area (Å²) in [7, 11) is 1.80. The first-order valence-electron chi connectivity index (χ1n) is 8.82. The van der Waals surface area contributed by atoms with Crippen molar-refractivity contribution in [2.75, 3.05) is 0 Å². The van der Waals surface area contributed by atoms with Gasteiger partial charge < -0.3 is 4.57 Å². The summed E-state index contributed by atoms with van der Waals surface area (Å²) in [6.45, 7) is 1.96. The average molecular weight is 375 g/mol. The van der Waals surface area contributed by atoms with E-state index in [1.165, 1.54) is 11.1 Å². The van der Waals surface area contributed by atoms with E-state index < -0.39 is 0 Å². The van der Waals surface area contributed by atoms with Gasteiger partial charge in [-0.15, -0.1) is 0 Å². The van der Waals surface area contributed by atoms with Crippen LogP contribution >= 0.6 is 11.6 Å². The van der Waals surface area contributed by atoms with E-state index in [4.69, 9.17) is 11.6 Å². The summed E-state index contributed by atoms with van der Waals surface area (Å²) in [5, 5.41) is 1.77. The molecule has 3 nitrogen and oxygen atoms in total. The molecular weight excluding hydrogens is 356 g/mol. The first kappa shape index (κ1) is 17.5. The summed E-state index contributed by atoms with van der Waals surface area (Å²) in [6.07, 6.45) is 0.802. The van der Waals surface area contributed by atoms with Crippen molar-refractivity contribution < 1.29 is 0 Å². The van der Waals surface area contributed by atoms with Gasteiger partial charge in [0.25, 0.3) is 5.56 Å². The summed E-state index contributed by atoms with van der Waals surface area (Å²) in [5.74, 6) is 0. The molecule has 0 aliphatic rings. The van der Waals surface area contributed by atoms with Crippen LogP contribution in [0.5, 0.6) is 0 Å². The highest BCUT2D eigenvalue weighted by atomic mass is 35.5. The zero-order valence-corrected chi connectivity index (χ0v) is 16.0. The quantitative estimate of drug-likeness (QED) is 0.497. The average Bonchev–Trinajstić information content (AvgIpc) is 2.66. The summed E-state index contributed by atoms with van der Waals surface area (Å²) in [5.41, 5.74) is 5.86. The number of hydrogen-bond donors (Lipinski definition) is 0. The Morgan fingerprint density at radius 2 is 1.70 bits per heavy atom. The van der Waals surface area contributed by atoms with Gasteiger partial charge >= 0.3 is 0 Å². The molecule has 27 heavy (non-hydrogen) atoms. The molecule has 2 aromatic carbocycles. The maximum absolute atomic E-state index is 12.4. The normalized spacial score (nSPS) is 11.1. The van der Waals surface area contributed by atoms with E-state index in [2.05, 4.69) is 17.1 Å². The van der Waals surface area contributed by atoms with Crippen molar-refractivity contribution in [1.29, 1.82) is 0 Å². The molecule has 0 aliphatic heterocycles. The Morgan fingerprint density at radius 1 is 0.963 bits per heavy atom. The van der Waals surface area contributed by atoms with Gasteiger partial charge in [-0.25, -0.2) is 0 Å². The SMILES string of the molecule is Cc1cccc(-c2cc(=O)n(C)c3ccc(Cc4ccc(Cl)cc4)cc23)n1. The molecule has 0 bridgehead atoms. The van der Waals surface area contributed by atoms with Crippen LogP contribution in [-0.2, 0) is 13.5 Å². The Kier molecular flexibility index (Phi) is 4.54. The van der Waals surface area contributed by atoms with Crippen LogP contribution in [0, 0.1) is 6.92 Å². The molecule has 0 atom stereocenters. The van der Waals surface area contributed by atoms with E-state index in [1.54, 1.807) is 17.7 Å². The highest BCUT2D eigenvalue weighted by molar-refractivity contribution is 6.30. The summed E-state index contributed by atoms with van der Waals surface area (Å²) in [6, 6.07) is 21.7. The predicted molar refractivity (Wildman–Crippen MR) is 111 cm³/mol. The minimum absolute atomic E-state index is 0.0359. The molecule has 2 aromatic heterocycles. The number of aryl methyl sites for hydroxylation is 2. The Hall–Kier alpha value is -2.91. The second-order valence-electron chi connectivity index (χ2n) is 6.77. The van der Waals surface area contributed by atoms with E-state index in [0.29, 0.717) is 0 Å². The second-order valence-corrected chi connectivity index (χ2v) is 7.21. The van der Waals surface area contributed by atoms with Crippen LogP contribution in [0.3, 0.4) is 0 Å². The van der Waals surface area contributed by atoms with Crippen molar-refractivity contribution in [2.24, 2.45) is 7.05 Å². The van der Waals surface area contributed by atoms with Crippen molar-refractivity contribution in [2.45, 2.75) is 13.3 Å². The first-order valence-corrected chi connectivity index (χ1v) is 9.20. The van der Waals surface area contributed by atoms with Crippen molar-refractivity contribution in [3.63, 3.8) is 0 Å². The lowest BCUT2D eigenvalue weighted by atomic mass is 9.99. The Bertz CT molecular complexity index is 1190. The van der Waals surface area contributed by atoms with Gasteiger partial charge in [-0.2, -0.15) is 0 Å². The van der Waals surface area contributed by atoms with Crippen LogP contribution < -0.4 is 5.56 Å². The van der Waals surface area contributed by atoms with E-state index in [0.717, 1.165) is 39.3 Å². The van der Waals surface area contributed by atoms with E-state index >= 15 is 0 Å². The third-order valence-electron chi connectivity index (χ3n) is 4.80. The van der Waals surface area contributed by atoms with Gasteiger partial charge in [-0.3, -0.25) is 9.78 Å². The number of aromatic nitrogens is 2. The predicted octanol–water partition coefficient (Wildman–Crippen LogP) is 5.15. The molecule has 0 amide bonds. The molecule has 0 aliphatic carbocycles. The zero-order chi connectivity index (χ0) is 19.0. The number of pyridine rings is 2. The van der Waals surface area contributed by atoms with Gasteiger partial charge in [0, 0.05) is 34.8 Å². The molecule has 0 N–H and O–H groups in total. The van der Waals surface area contributed by atoms with Crippen LogP contribution in [0.1, 0.15) is 16.8 Å². The van der Waals surface area contributed by atoms with E-state index in [9.17, 15) is 4.79 Å². The highest BCUT2D eigenvalue weighted by Gasteiger charge is 2.11. The molecule has 0 spiro atoms. The third kappa shape index (κ3) is 3.51. The van der Waals surface area contributed by atoms with Crippen molar-refractivity contribution in [1.82, 2.24) is 9.55 Å². The summed E-state index contributed by atoms with van der Waals surface area (Å²) >= 11 is 5.99. The number of nitrogens with zero attached hydrogens (tertiary/aromatic N) is 2. The van der Waals surface area contributed by atoms with Crippen LogP contribution in [0.15, 0.2) is 71.5 Å². The fourth-order valence-corrected chi connectivity index (χ4v) is 3.49. The Morgan fingerprint density at radius 3 is 2.44 bits per heavy atom. The van der Waals surface area contributed by atoms with Gasteiger partial charge in [0.2, 0.25) is 0 Å². The molecule has 4 heteroatoms. The molecule has 0 saturated heterocycles. The molecule has 4 aromatic rings. The van der Waals surface area contributed by atoms with E-state index in [1.807, 2.05) is 55.5 Å². The summed E-state index contributed by atoms with van der Waals surface area (Å²) in [4.78, 5) is 17.1. The van der Waals surface area contributed by atoms with Crippen molar-refractivity contribution in [3.8, 4) is 11.3 Å². The molecule has 0 unspecified atom stereocenters. The second kappa shape index (κ2) is 7.01. The molecule has 0 saturated carbocycles. The maximum atomic E-state index is 12.4. The Labute approximate surface area is 162 Å². The monoisotopic (exact) mass is 374 g/mol. The molecule has 0 radical (unpaired) electrons. The molecule has 4 rings (SSSR count). The number of halogens is 1. The first-order chi connectivity index (χ1) is 13.0. The topological polar surface area (TPSA) is 34.9 Å². The molecule has 2 heterocycles. The number of hydrogen-bond acceptors (Lipinski definition) is 2. The fourth-order valence-electron chi connectivity index (χ4n) is 3.36. The lowest BCUT2D eigenvalue weighted by Gasteiger charge is -2.12. The summed E-state index contributed by atoms with van der Waals surface area (Å²) < 4.78 is 1.68. The van der Waals surface area contributed by atoms with Crippen LogP contribution in [-0.4, -0.2) is 9.55 Å². The Balaban J connectivity index is 1.88. The molecule has 0 fully saturated rings. The lowest BCUT2D eigenvalue weighted by molar-refractivity contribution is 0.906. The number of benzene rings is 2. The van der Waals surface area contributed by atoms with Crippen LogP contribution in [0.25, 0.3) is 22.2 Å². The van der Waals surface area contributed by atoms with Gasteiger partial charge in [0.1, 0.15) is 0 Å². The minimum Gasteiger partial charge on any atom is -0.311 e. The number of rotatable bonds is 3. The van der Waals surface area contributed by atoms with Gasteiger partial charge in [-0.05, 0) is 60.9 Å². The maximum Gasteiger partial charge on any atom is 0.251 e. The van der Waals surface area contributed by atoms with Gasteiger partial charge in [0.05, 0.1) is 11.2 Å². The largest absolute Gasteiger partial charge is 0.311 e. The standard InChI is InChI=1S/C23H19ClN2O/c1-15-4-3-5-21(25-15)19-14-23(27)26(2)22-11-8-17(13-20(19)22)12-16-6-9-18(24)10-7-16/h3-11,13-14H,12H2,1-2H3. The molecular formula is C23H19ClN2O. The minimum atomic E-state index is -0.0359. The van der Waals surface area contributed by atoms with Crippen LogP contribution in [0.2, 0.25) is 5.02 Å². The van der Waals surface area contributed by atoms with Crippen molar-refractivity contribution in [3.05, 3.63) is 98.9 Å². The highest BCUT2D eigenvalue weighted by Crippen LogP contribution is 2.27. The number of fused-ring (bicyclic) bond motifs is 1. The van der Waals surface area contributed by atoms with Crippen LogP contribution in [0.4, 0.5) is 0 Å². The zero-order valence-electron chi connectivity index (χ0n) is 15.2. The lowest BCUT2D eigenvalue weighted by Crippen LogP contribution is -2.16. The molecule has 134 valence electrons. The van der Waals surface area contributed by atoms with Crippen molar-refractivity contribution >= 4 is 22.5 Å². The van der Waals surface area contributed by atoms with E-state index in [-0.39, 0.29) is 5.56 Å². The van der Waals surface area contributed by atoms with Gasteiger partial charge in [0.15, 0.2) is 0 Å². The smallest absolute Gasteiger partial charge is 0.251 e. The van der Waals surface area contributed by atoms with Gasteiger partial charge in [-0.1, -0.05) is 35.9 Å².